The molecule has 0 aliphatic carbocycles. The third kappa shape index (κ3) is 4.13. The highest BCUT2D eigenvalue weighted by atomic mass is 16.5. The molecule has 0 radical (unpaired) electrons. The average molecular weight is 365 g/mol. The van der Waals surface area contributed by atoms with Crippen LogP contribution in [0.5, 0.6) is 11.6 Å². The van der Waals surface area contributed by atoms with Crippen LogP contribution < -0.4 is 10.1 Å². The van der Waals surface area contributed by atoms with Gasteiger partial charge in [-0.1, -0.05) is 13.8 Å². The summed E-state index contributed by atoms with van der Waals surface area (Å²) in [4.78, 5) is 20.2. The molecule has 0 atom stereocenters. The zero-order valence-electron chi connectivity index (χ0n) is 16.1. The van der Waals surface area contributed by atoms with Gasteiger partial charge in [-0.15, -0.1) is 0 Å². The second kappa shape index (κ2) is 7.57. The highest BCUT2D eigenvalue weighted by molar-refractivity contribution is 5.92. The Hall–Kier alpha value is -3.22. The zero-order valence-corrected chi connectivity index (χ0v) is 16.1. The maximum absolute atomic E-state index is 11.7. The van der Waals surface area contributed by atoms with Crippen LogP contribution in [0.25, 0.3) is 5.82 Å². The predicted octanol–water partition coefficient (Wildman–Crippen LogP) is 3.97. The molecular weight excluding hydrogens is 342 g/mol. The predicted molar refractivity (Wildman–Crippen MR) is 103 cm³/mol. The van der Waals surface area contributed by atoms with Gasteiger partial charge in [0.05, 0.1) is 5.69 Å². The Morgan fingerprint density at radius 3 is 2.41 bits per heavy atom. The van der Waals surface area contributed by atoms with E-state index < -0.39 is 0 Å². The Kier molecular flexibility index (Phi) is 5.21. The molecule has 3 rings (SSSR count). The summed E-state index contributed by atoms with van der Waals surface area (Å²) in [7, 11) is 0. The summed E-state index contributed by atoms with van der Waals surface area (Å²) in [5, 5.41) is 7.36. The number of carbonyl (C=O) groups excluding carboxylic acids is 1. The molecule has 2 heterocycles. The van der Waals surface area contributed by atoms with E-state index in [1.165, 1.54) is 6.33 Å². The molecule has 140 valence electrons. The number of aromatic nitrogens is 4. The zero-order chi connectivity index (χ0) is 19.6. The van der Waals surface area contributed by atoms with E-state index in [1.807, 2.05) is 34.6 Å². The van der Waals surface area contributed by atoms with Gasteiger partial charge < -0.3 is 10.1 Å². The SMILES string of the molecule is Cc1nn(-c2cc(Oc3ccc(NC(=O)C(C)C)cc3)ncn2)c(C)c1C. The number of benzene rings is 1. The lowest BCUT2D eigenvalue weighted by molar-refractivity contribution is -0.118. The third-order valence-corrected chi connectivity index (χ3v) is 4.37. The van der Waals surface area contributed by atoms with E-state index in [-0.39, 0.29) is 11.8 Å². The smallest absolute Gasteiger partial charge is 0.226 e. The summed E-state index contributed by atoms with van der Waals surface area (Å²) >= 11 is 0. The summed E-state index contributed by atoms with van der Waals surface area (Å²) in [6.07, 6.45) is 1.45. The minimum Gasteiger partial charge on any atom is -0.439 e. The van der Waals surface area contributed by atoms with Gasteiger partial charge >= 0.3 is 0 Å². The van der Waals surface area contributed by atoms with Gasteiger partial charge in [-0.3, -0.25) is 4.79 Å². The first-order valence-electron chi connectivity index (χ1n) is 8.79. The van der Waals surface area contributed by atoms with Gasteiger partial charge in [0.15, 0.2) is 5.82 Å². The van der Waals surface area contributed by atoms with Gasteiger partial charge in [0.1, 0.15) is 12.1 Å². The molecule has 2 aromatic heterocycles. The molecule has 1 aromatic carbocycles. The maximum atomic E-state index is 11.7. The molecular formula is C20H23N5O2. The largest absolute Gasteiger partial charge is 0.439 e. The monoisotopic (exact) mass is 365 g/mol. The van der Waals surface area contributed by atoms with Gasteiger partial charge in [-0.05, 0) is 50.6 Å². The van der Waals surface area contributed by atoms with E-state index in [0.717, 1.165) is 22.6 Å². The number of rotatable bonds is 5. The van der Waals surface area contributed by atoms with Gasteiger partial charge in [0, 0.05) is 23.4 Å². The number of carbonyl (C=O) groups is 1. The summed E-state index contributed by atoms with van der Waals surface area (Å²) in [6, 6.07) is 8.90. The number of ether oxygens (including phenoxy) is 1. The Morgan fingerprint density at radius 1 is 1.11 bits per heavy atom. The van der Waals surface area contributed by atoms with Crippen molar-refractivity contribution in [3.63, 3.8) is 0 Å². The van der Waals surface area contributed by atoms with Crippen molar-refractivity contribution in [1.29, 1.82) is 0 Å². The number of nitrogens with zero attached hydrogens (tertiary/aromatic N) is 4. The number of amides is 1. The van der Waals surface area contributed by atoms with Crippen molar-refractivity contribution in [3.05, 3.63) is 53.6 Å². The first-order chi connectivity index (χ1) is 12.8. The molecule has 27 heavy (non-hydrogen) atoms. The van der Waals surface area contributed by atoms with Gasteiger partial charge in [0.2, 0.25) is 11.8 Å². The highest BCUT2D eigenvalue weighted by Gasteiger charge is 2.12. The molecule has 0 aliphatic heterocycles. The fraction of sp³-hybridized carbons (Fsp3) is 0.300. The lowest BCUT2D eigenvalue weighted by atomic mass is 10.2. The van der Waals surface area contributed by atoms with E-state index in [9.17, 15) is 4.79 Å². The molecule has 0 saturated heterocycles. The van der Waals surface area contributed by atoms with E-state index >= 15 is 0 Å². The summed E-state index contributed by atoms with van der Waals surface area (Å²) in [6.45, 7) is 9.71. The molecule has 0 spiro atoms. The van der Waals surface area contributed by atoms with Crippen molar-refractivity contribution in [1.82, 2.24) is 19.7 Å². The molecule has 7 heteroatoms. The van der Waals surface area contributed by atoms with E-state index in [1.54, 1.807) is 35.0 Å². The molecule has 1 N–H and O–H groups in total. The maximum Gasteiger partial charge on any atom is 0.226 e. The quantitative estimate of drug-likeness (QED) is 0.740. The van der Waals surface area contributed by atoms with Crippen LogP contribution in [0.15, 0.2) is 36.7 Å². The van der Waals surface area contributed by atoms with Gasteiger partial charge in [-0.2, -0.15) is 5.10 Å². The number of nitrogens with one attached hydrogen (secondary N) is 1. The van der Waals surface area contributed by atoms with Crippen LogP contribution >= 0.6 is 0 Å². The van der Waals surface area contributed by atoms with Crippen LogP contribution in [0.4, 0.5) is 5.69 Å². The van der Waals surface area contributed by atoms with Gasteiger partial charge in [0.25, 0.3) is 0 Å². The van der Waals surface area contributed by atoms with Crippen molar-refractivity contribution < 1.29 is 9.53 Å². The van der Waals surface area contributed by atoms with Crippen molar-refractivity contribution in [3.8, 4) is 17.4 Å². The van der Waals surface area contributed by atoms with E-state index in [0.29, 0.717) is 17.4 Å². The normalized spacial score (nSPS) is 10.9. The minimum absolute atomic E-state index is 0.0238. The van der Waals surface area contributed by atoms with Crippen LogP contribution in [0.1, 0.15) is 30.8 Å². The van der Waals surface area contributed by atoms with Crippen LogP contribution in [-0.2, 0) is 4.79 Å². The van der Waals surface area contributed by atoms with Crippen molar-refractivity contribution >= 4 is 11.6 Å². The standard InChI is InChI=1S/C20H23N5O2/c1-12(2)20(26)23-16-6-8-17(9-7-16)27-19-10-18(21-11-22-19)25-15(5)13(3)14(4)24-25/h6-12H,1-5H3,(H,23,26). The topological polar surface area (TPSA) is 81.9 Å². The van der Waals surface area contributed by atoms with Crippen molar-refractivity contribution in [2.75, 3.05) is 5.32 Å². The molecule has 0 bridgehead atoms. The summed E-state index contributed by atoms with van der Waals surface area (Å²) < 4.78 is 7.60. The van der Waals surface area contributed by atoms with Crippen molar-refractivity contribution in [2.24, 2.45) is 5.92 Å². The molecule has 0 unspecified atom stereocenters. The molecule has 1 amide bonds. The van der Waals surface area contributed by atoms with Crippen molar-refractivity contribution in [2.45, 2.75) is 34.6 Å². The third-order valence-electron chi connectivity index (χ3n) is 4.37. The number of aryl methyl sites for hydroxylation is 1. The lowest BCUT2D eigenvalue weighted by Crippen LogP contribution is -2.17. The van der Waals surface area contributed by atoms with Crippen LogP contribution in [0, 0.1) is 26.7 Å². The molecule has 0 fully saturated rings. The van der Waals surface area contributed by atoms with Crippen LogP contribution in [0.2, 0.25) is 0 Å². The van der Waals surface area contributed by atoms with E-state index in [4.69, 9.17) is 4.74 Å². The Morgan fingerprint density at radius 2 is 1.81 bits per heavy atom. The van der Waals surface area contributed by atoms with Crippen LogP contribution in [0.3, 0.4) is 0 Å². The molecule has 7 nitrogen and oxygen atoms in total. The molecule has 3 aromatic rings. The fourth-order valence-corrected chi connectivity index (χ4v) is 2.46. The second-order valence-electron chi connectivity index (χ2n) is 6.69. The van der Waals surface area contributed by atoms with Crippen LogP contribution in [-0.4, -0.2) is 25.7 Å². The fourth-order valence-electron chi connectivity index (χ4n) is 2.46. The minimum atomic E-state index is -0.0709. The number of hydrogen-bond donors (Lipinski definition) is 1. The lowest BCUT2D eigenvalue weighted by Gasteiger charge is -2.10. The first kappa shape index (κ1) is 18.6. The molecule has 0 aliphatic rings. The molecule has 0 saturated carbocycles. The highest BCUT2D eigenvalue weighted by Crippen LogP contribution is 2.23. The Balaban J connectivity index is 1.76. The average Bonchev–Trinajstić information content (AvgIpc) is 2.91. The summed E-state index contributed by atoms with van der Waals surface area (Å²) in [5.41, 5.74) is 3.85. The Bertz CT molecular complexity index is 961. The summed E-state index contributed by atoms with van der Waals surface area (Å²) in [5.74, 6) is 1.59. The first-order valence-corrected chi connectivity index (χ1v) is 8.79. The Labute approximate surface area is 158 Å². The number of anilines is 1. The second-order valence-corrected chi connectivity index (χ2v) is 6.69. The number of hydrogen-bond acceptors (Lipinski definition) is 5. The van der Waals surface area contributed by atoms with E-state index in [2.05, 4.69) is 20.4 Å². The van der Waals surface area contributed by atoms with Gasteiger partial charge in [-0.25, -0.2) is 14.6 Å².